The van der Waals surface area contributed by atoms with Crippen molar-refractivity contribution < 1.29 is 4.74 Å². The number of likely N-dealkylation sites (tertiary alicyclic amines) is 1. The maximum atomic E-state index is 5.59. The average molecular weight is 398 g/mol. The first kappa shape index (κ1) is 20.6. The number of anilines is 1. The number of nitrogens with zero attached hydrogens (tertiary/aromatic N) is 1. The van der Waals surface area contributed by atoms with Crippen LogP contribution in [0.2, 0.25) is 0 Å². The molecule has 2 aromatic carbocycles. The fraction of sp³-hybridized carbons (Fsp3) is 0.435. The van der Waals surface area contributed by atoms with Crippen LogP contribution in [0.15, 0.2) is 42.5 Å². The molecule has 0 bridgehead atoms. The van der Waals surface area contributed by atoms with E-state index in [-0.39, 0.29) is 0 Å². The van der Waals surface area contributed by atoms with Crippen LogP contribution in [0.25, 0.3) is 0 Å². The molecule has 1 aliphatic heterocycles. The van der Waals surface area contributed by atoms with E-state index in [0.29, 0.717) is 11.2 Å². The third-order valence-corrected chi connectivity index (χ3v) is 5.68. The first-order valence-corrected chi connectivity index (χ1v) is 10.5. The summed E-state index contributed by atoms with van der Waals surface area (Å²) in [5.41, 5.74) is 4.78. The Kier molecular flexibility index (Phi) is 7.29. The lowest BCUT2D eigenvalue weighted by molar-refractivity contribution is 0.164. The van der Waals surface area contributed by atoms with Gasteiger partial charge in [-0.1, -0.05) is 30.7 Å². The summed E-state index contributed by atoms with van der Waals surface area (Å²) in [6, 6.07) is 15.1. The lowest BCUT2D eigenvalue weighted by Crippen LogP contribution is -2.41. The van der Waals surface area contributed by atoms with Gasteiger partial charge in [-0.3, -0.25) is 4.90 Å². The molecule has 0 spiro atoms. The van der Waals surface area contributed by atoms with Crippen LogP contribution in [-0.4, -0.2) is 36.8 Å². The van der Waals surface area contributed by atoms with Crippen LogP contribution in [0.4, 0.5) is 5.69 Å². The quantitative estimate of drug-likeness (QED) is 0.683. The first-order valence-electron chi connectivity index (χ1n) is 10.1. The minimum Gasteiger partial charge on any atom is -0.497 e. The van der Waals surface area contributed by atoms with Crippen LogP contribution >= 0.6 is 12.2 Å². The highest BCUT2D eigenvalue weighted by atomic mass is 32.1. The Morgan fingerprint density at radius 2 is 1.79 bits per heavy atom. The highest BCUT2D eigenvalue weighted by Gasteiger charge is 2.22. The van der Waals surface area contributed by atoms with E-state index in [9.17, 15) is 0 Å². The van der Waals surface area contributed by atoms with Gasteiger partial charge in [-0.25, -0.2) is 0 Å². The van der Waals surface area contributed by atoms with Gasteiger partial charge < -0.3 is 15.4 Å². The summed E-state index contributed by atoms with van der Waals surface area (Å²) in [4.78, 5) is 2.57. The van der Waals surface area contributed by atoms with E-state index in [1.165, 1.54) is 36.0 Å². The molecule has 0 aromatic heterocycles. The van der Waals surface area contributed by atoms with Crippen molar-refractivity contribution >= 4 is 23.0 Å². The molecule has 150 valence electrons. The van der Waals surface area contributed by atoms with Crippen molar-refractivity contribution in [3.63, 3.8) is 0 Å². The molecule has 1 saturated heterocycles. The van der Waals surface area contributed by atoms with Gasteiger partial charge in [-0.2, -0.15) is 0 Å². The van der Waals surface area contributed by atoms with Gasteiger partial charge in [0, 0.05) is 12.2 Å². The Balaban J connectivity index is 1.68. The molecule has 28 heavy (non-hydrogen) atoms. The third-order valence-electron chi connectivity index (χ3n) is 5.43. The molecule has 2 aromatic rings. The highest BCUT2D eigenvalue weighted by molar-refractivity contribution is 7.80. The molecule has 1 aliphatic rings. The molecule has 3 rings (SSSR count). The maximum Gasteiger partial charge on any atom is 0.170 e. The molecular formula is C23H31N3OS. The summed E-state index contributed by atoms with van der Waals surface area (Å²) < 4.78 is 5.32. The van der Waals surface area contributed by atoms with Crippen LogP contribution < -0.4 is 15.4 Å². The summed E-state index contributed by atoms with van der Waals surface area (Å²) in [7, 11) is 1.70. The predicted octanol–water partition coefficient (Wildman–Crippen LogP) is 4.83. The summed E-state index contributed by atoms with van der Waals surface area (Å²) in [5, 5.41) is 7.48. The van der Waals surface area contributed by atoms with Gasteiger partial charge in [0.1, 0.15) is 5.75 Å². The number of ether oxygens (including phenoxy) is 1. The lowest BCUT2D eigenvalue weighted by Gasteiger charge is -2.35. The maximum absolute atomic E-state index is 5.59. The fourth-order valence-corrected chi connectivity index (χ4v) is 3.93. The summed E-state index contributed by atoms with van der Waals surface area (Å²) in [6.07, 6.45) is 3.85. The van der Waals surface area contributed by atoms with Gasteiger partial charge in [0.15, 0.2) is 5.11 Å². The minimum atomic E-state index is 0.296. The van der Waals surface area contributed by atoms with Crippen molar-refractivity contribution in [3.8, 4) is 5.75 Å². The average Bonchev–Trinajstić information content (AvgIpc) is 2.72. The highest BCUT2D eigenvalue weighted by Crippen LogP contribution is 2.26. The van der Waals surface area contributed by atoms with E-state index in [1.54, 1.807) is 7.11 Å². The van der Waals surface area contributed by atoms with E-state index >= 15 is 0 Å². The molecule has 0 aliphatic carbocycles. The number of hydrogen-bond acceptors (Lipinski definition) is 3. The number of rotatable bonds is 6. The Hall–Kier alpha value is -2.11. The number of methoxy groups -OCH3 is 1. The summed E-state index contributed by atoms with van der Waals surface area (Å²) >= 11 is 5.59. The van der Waals surface area contributed by atoms with Gasteiger partial charge in [-0.15, -0.1) is 0 Å². The van der Waals surface area contributed by atoms with Gasteiger partial charge in [0.25, 0.3) is 0 Å². The third kappa shape index (κ3) is 5.46. The molecule has 0 amide bonds. The predicted molar refractivity (Wildman–Crippen MR) is 121 cm³/mol. The van der Waals surface area contributed by atoms with E-state index in [1.807, 2.05) is 12.1 Å². The van der Waals surface area contributed by atoms with E-state index < -0.39 is 0 Å². The zero-order chi connectivity index (χ0) is 19.9. The molecule has 1 unspecified atom stereocenters. The molecule has 1 heterocycles. The van der Waals surface area contributed by atoms with E-state index in [4.69, 9.17) is 17.0 Å². The molecule has 1 fully saturated rings. The van der Waals surface area contributed by atoms with Crippen molar-refractivity contribution in [1.29, 1.82) is 0 Å². The van der Waals surface area contributed by atoms with Gasteiger partial charge >= 0.3 is 0 Å². The smallest absolute Gasteiger partial charge is 0.170 e. The van der Waals surface area contributed by atoms with Crippen LogP contribution in [0, 0.1) is 13.8 Å². The second-order valence-corrected chi connectivity index (χ2v) is 7.95. The fourth-order valence-electron chi connectivity index (χ4n) is 3.74. The number of hydrogen-bond donors (Lipinski definition) is 2. The monoisotopic (exact) mass is 397 g/mol. The molecule has 0 saturated carbocycles. The van der Waals surface area contributed by atoms with Crippen LogP contribution in [0.3, 0.4) is 0 Å². The summed E-state index contributed by atoms with van der Waals surface area (Å²) in [5.74, 6) is 0.890. The van der Waals surface area contributed by atoms with Crippen molar-refractivity contribution in [2.24, 2.45) is 0 Å². The summed E-state index contributed by atoms with van der Waals surface area (Å²) in [6.45, 7) is 7.24. The standard InChI is InChI=1S/C23H31N3OS/c1-17-7-8-18(2)21(15-17)25-23(28)24-16-22(26-13-5-4-6-14-26)19-9-11-20(27-3)12-10-19/h7-12,15,22H,4-6,13-14,16H2,1-3H3,(H2,24,25,28). The molecule has 0 radical (unpaired) electrons. The Bertz CT molecular complexity index is 785. The Morgan fingerprint density at radius 1 is 1.07 bits per heavy atom. The normalized spacial score (nSPS) is 15.7. The van der Waals surface area contributed by atoms with Gasteiger partial charge in [0.2, 0.25) is 0 Å². The number of benzene rings is 2. The largest absolute Gasteiger partial charge is 0.497 e. The molecule has 4 nitrogen and oxygen atoms in total. The van der Waals surface area contributed by atoms with Crippen molar-refractivity contribution in [2.45, 2.75) is 39.2 Å². The molecule has 2 N–H and O–H groups in total. The van der Waals surface area contributed by atoms with Crippen LogP contribution in [0.1, 0.15) is 42.0 Å². The Morgan fingerprint density at radius 3 is 2.46 bits per heavy atom. The molecule has 1 atom stereocenters. The second-order valence-electron chi connectivity index (χ2n) is 7.54. The Labute approximate surface area is 174 Å². The van der Waals surface area contributed by atoms with Crippen LogP contribution in [0.5, 0.6) is 5.75 Å². The minimum absolute atomic E-state index is 0.296. The molecular weight excluding hydrogens is 366 g/mol. The number of piperidine rings is 1. The van der Waals surface area contributed by atoms with Gasteiger partial charge in [0.05, 0.1) is 13.2 Å². The molecule has 5 heteroatoms. The SMILES string of the molecule is COc1ccc(C(CNC(=S)Nc2cc(C)ccc2C)N2CCCCC2)cc1. The van der Waals surface area contributed by atoms with Crippen LogP contribution in [-0.2, 0) is 0 Å². The number of thiocarbonyl (C=S) groups is 1. The zero-order valence-corrected chi connectivity index (χ0v) is 17.9. The van der Waals surface area contributed by atoms with Gasteiger partial charge in [-0.05, 0) is 86.9 Å². The second kappa shape index (κ2) is 9.89. The zero-order valence-electron chi connectivity index (χ0n) is 17.1. The number of aryl methyl sites for hydroxylation is 2. The lowest BCUT2D eigenvalue weighted by atomic mass is 10.0. The van der Waals surface area contributed by atoms with E-state index in [0.717, 1.165) is 31.1 Å². The first-order chi connectivity index (χ1) is 13.6. The number of nitrogens with one attached hydrogen (secondary N) is 2. The topological polar surface area (TPSA) is 36.5 Å². The van der Waals surface area contributed by atoms with E-state index in [2.05, 4.69) is 59.7 Å². The van der Waals surface area contributed by atoms with Crippen molar-refractivity contribution in [1.82, 2.24) is 10.2 Å². The van der Waals surface area contributed by atoms with Crippen molar-refractivity contribution in [3.05, 3.63) is 59.2 Å². The van der Waals surface area contributed by atoms with Crippen molar-refractivity contribution in [2.75, 3.05) is 32.1 Å².